The van der Waals surface area contributed by atoms with E-state index in [9.17, 15) is 9.90 Å². The monoisotopic (exact) mass is 248 g/mol. The van der Waals surface area contributed by atoms with Gasteiger partial charge in [0, 0.05) is 0 Å². The molecule has 1 aliphatic carbocycles. The van der Waals surface area contributed by atoms with Crippen molar-refractivity contribution < 1.29 is 15.0 Å². The van der Waals surface area contributed by atoms with E-state index in [1.807, 2.05) is 24.3 Å². The number of rotatable bonds is 3. The Morgan fingerprint density at radius 1 is 1.39 bits per heavy atom. The molecule has 1 aromatic carbocycles. The number of aliphatic carboxylic acids is 1. The van der Waals surface area contributed by atoms with Crippen LogP contribution < -0.4 is 0 Å². The van der Waals surface area contributed by atoms with Gasteiger partial charge in [-0.15, -0.1) is 0 Å². The first-order valence-electron chi connectivity index (χ1n) is 6.49. The third kappa shape index (κ3) is 2.91. The Morgan fingerprint density at radius 2 is 2.06 bits per heavy atom. The highest BCUT2D eigenvalue weighted by Crippen LogP contribution is 2.39. The van der Waals surface area contributed by atoms with Gasteiger partial charge in [0.15, 0.2) is 0 Å². The smallest absolute Gasteiger partial charge is 0.307 e. The molecule has 2 N–H and O–H groups in total. The quantitative estimate of drug-likeness (QED) is 0.864. The van der Waals surface area contributed by atoms with Crippen molar-refractivity contribution in [2.75, 3.05) is 0 Å². The predicted molar refractivity (Wildman–Crippen MR) is 69.6 cm³/mol. The summed E-state index contributed by atoms with van der Waals surface area (Å²) in [5, 5.41) is 18.5. The van der Waals surface area contributed by atoms with E-state index in [1.54, 1.807) is 0 Å². The standard InChI is InChI=1S/C15H20O3/c1-15(8-2-3-13(16)10-15)12-6-4-11(5-7-12)9-14(17)18/h4-7,13,16H,2-3,8-10H2,1H3,(H,17,18). The van der Waals surface area contributed by atoms with Gasteiger partial charge in [0.25, 0.3) is 0 Å². The van der Waals surface area contributed by atoms with Crippen molar-refractivity contribution in [1.82, 2.24) is 0 Å². The number of benzene rings is 1. The predicted octanol–water partition coefficient (Wildman–Crippen LogP) is 2.51. The van der Waals surface area contributed by atoms with Crippen LogP contribution in [0.15, 0.2) is 24.3 Å². The molecule has 1 saturated carbocycles. The first kappa shape index (κ1) is 13.1. The van der Waals surface area contributed by atoms with Gasteiger partial charge in [-0.1, -0.05) is 37.6 Å². The largest absolute Gasteiger partial charge is 0.481 e. The molecule has 0 radical (unpaired) electrons. The molecule has 3 nitrogen and oxygen atoms in total. The van der Waals surface area contributed by atoms with Crippen LogP contribution in [0, 0.1) is 0 Å². The van der Waals surface area contributed by atoms with Crippen molar-refractivity contribution in [3.8, 4) is 0 Å². The normalized spacial score (nSPS) is 28.0. The second-order valence-corrected chi connectivity index (χ2v) is 5.58. The molecule has 0 aliphatic heterocycles. The summed E-state index contributed by atoms with van der Waals surface area (Å²) in [7, 11) is 0. The van der Waals surface area contributed by atoms with E-state index < -0.39 is 5.97 Å². The van der Waals surface area contributed by atoms with E-state index in [-0.39, 0.29) is 17.9 Å². The molecule has 1 fully saturated rings. The number of aliphatic hydroxyl groups excluding tert-OH is 1. The van der Waals surface area contributed by atoms with Gasteiger partial charge in [-0.3, -0.25) is 4.79 Å². The topological polar surface area (TPSA) is 57.5 Å². The Hall–Kier alpha value is -1.35. The number of carboxylic acid groups (broad SMARTS) is 1. The van der Waals surface area contributed by atoms with Crippen LogP contribution in [0.4, 0.5) is 0 Å². The van der Waals surface area contributed by atoms with Crippen molar-refractivity contribution in [2.45, 2.75) is 50.5 Å². The lowest BCUT2D eigenvalue weighted by Gasteiger charge is -2.36. The third-order valence-corrected chi connectivity index (χ3v) is 3.96. The lowest BCUT2D eigenvalue weighted by Crippen LogP contribution is -2.32. The Morgan fingerprint density at radius 3 is 2.61 bits per heavy atom. The fourth-order valence-electron chi connectivity index (χ4n) is 2.91. The Labute approximate surface area is 107 Å². The molecule has 3 heteroatoms. The van der Waals surface area contributed by atoms with Crippen LogP contribution in [0.5, 0.6) is 0 Å². The van der Waals surface area contributed by atoms with Crippen molar-refractivity contribution in [3.05, 3.63) is 35.4 Å². The van der Waals surface area contributed by atoms with E-state index >= 15 is 0 Å². The zero-order valence-corrected chi connectivity index (χ0v) is 10.7. The molecule has 1 aromatic rings. The van der Waals surface area contributed by atoms with Gasteiger partial charge in [0.2, 0.25) is 0 Å². The lowest BCUT2D eigenvalue weighted by molar-refractivity contribution is -0.136. The first-order valence-corrected chi connectivity index (χ1v) is 6.49. The minimum atomic E-state index is -0.804. The van der Waals surface area contributed by atoms with E-state index in [0.29, 0.717) is 0 Å². The fraction of sp³-hybridized carbons (Fsp3) is 0.533. The van der Waals surface area contributed by atoms with Crippen molar-refractivity contribution >= 4 is 5.97 Å². The maximum absolute atomic E-state index is 10.6. The molecule has 0 heterocycles. The van der Waals surface area contributed by atoms with Gasteiger partial charge in [-0.25, -0.2) is 0 Å². The molecule has 0 aromatic heterocycles. The van der Waals surface area contributed by atoms with Crippen molar-refractivity contribution in [2.24, 2.45) is 0 Å². The van der Waals surface area contributed by atoms with Gasteiger partial charge >= 0.3 is 5.97 Å². The van der Waals surface area contributed by atoms with Crippen LogP contribution in [0.25, 0.3) is 0 Å². The highest BCUT2D eigenvalue weighted by Gasteiger charge is 2.32. The van der Waals surface area contributed by atoms with Crippen LogP contribution in [-0.4, -0.2) is 22.3 Å². The van der Waals surface area contributed by atoms with Crippen LogP contribution in [-0.2, 0) is 16.6 Å². The minimum absolute atomic E-state index is 0.0272. The number of hydrogen-bond donors (Lipinski definition) is 2. The third-order valence-electron chi connectivity index (χ3n) is 3.96. The first-order chi connectivity index (χ1) is 8.49. The Balaban J connectivity index is 2.15. The molecule has 0 amide bonds. The zero-order valence-electron chi connectivity index (χ0n) is 10.7. The second kappa shape index (κ2) is 5.11. The molecule has 2 rings (SSSR count). The molecule has 2 unspecified atom stereocenters. The molecular weight excluding hydrogens is 228 g/mol. The SMILES string of the molecule is CC1(c2ccc(CC(=O)O)cc2)CCCC(O)C1. The van der Waals surface area contributed by atoms with Gasteiger partial charge in [-0.05, 0) is 35.8 Å². The van der Waals surface area contributed by atoms with Crippen LogP contribution >= 0.6 is 0 Å². The molecule has 0 spiro atoms. The van der Waals surface area contributed by atoms with Gasteiger partial charge in [-0.2, -0.15) is 0 Å². The van der Waals surface area contributed by atoms with E-state index in [0.717, 1.165) is 31.2 Å². The fourth-order valence-corrected chi connectivity index (χ4v) is 2.91. The highest BCUT2D eigenvalue weighted by atomic mass is 16.4. The maximum Gasteiger partial charge on any atom is 0.307 e. The lowest BCUT2D eigenvalue weighted by atomic mass is 9.70. The van der Waals surface area contributed by atoms with E-state index in [1.165, 1.54) is 5.56 Å². The average molecular weight is 248 g/mol. The summed E-state index contributed by atoms with van der Waals surface area (Å²) < 4.78 is 0. The minimum Gasteiger partial charge on any atom is -0.481 e. The van der Waals surface area contributed by atoms with E-state index in [2.05, 4.69) is 6.92 Å². The number of carboxylic acids is 1. The molecule has 98 valence electrons. The zero-order chi connectivity index (χ0) is 13.2. The summed E-state index contributed by atoms with van der Waals surface area (Å²) in [5.41, 5.74) is 2.06. The highest BCUT2D eigenvalue weighted by molar-refractivity contribution is 5.70. The second-order valence-electron chi connectivity index (χ2n) is 5.58. The summed E-state index contributed by atoms with van der Waals surface area (Å²) >= 11 is 0. The van der Waals surface area contributed by atoms with Crippen molar-refractivity contribution in [1.29, 1.82) is 0 Å². The molecule has 1 aliphatic rings. The average Bonchev–Trinajstić information content (AvgIpc) is 2.28. The summed E-state index contributed by atoms with van der Waals surface area (Å²) in [6.45, 7) is 2.18. The summed E-state index contributed by atoms with van der Waals surface area (Å²) in [6, 6.07) is 7.79. The molecule has 0 bridgehead atoms. The maximum atomic E-state index is 10.6. The summed E-state index contributed by atoms with van der Waals surface area (Å²) in [4.78, 5) is 10.6. The van der Waals surface area contributed by atoms with Gasteiger partial charge in [0.1, 0.15) is 0 Å². The number of carbonyl (C=O) groups is 1. The Kier molecular flexibility index (Phi) is 3.71. The van der Waals surface area contributed by atoms with Crippen LogP contribution in [0.3, 0.4) is 0 Å². The molecule has 2 atom stereocenters. The summed E-state index contributed by atoms with van der Waals surface area (Å²) in [6.07, 6.45) is 3.69. The van der Waals surface area contributed by atoms with Gasteiger partial charge < -0.3 is 10.2 Å². The number of aliphatic hydroxyl groups is 1. The Bertz CT molecular complexity index is 424. The number of hydrogen-bond acceptors (Lipinski definition) is 2. The van der Waals surface area contributed by atoms with Gasteiger partial charge in [0.05, 0.1) is 12.5 Å². The van der Waals surface area contributed by atoms with Crippen LogP contribution in [0.1, 0.15) is 43.7 Å². The van der Waals surface area contributed by atoms with Crippen LogP contribution in [0.2, 0.25) is 0 Å². The summed E-state index contributed by atoms with van der Waals surface area (Å²) in [5.74, 6) is -0.804. The molecule has 18 heavy (non-hydrogen) atoms. The van der Waals surface area contributed by atoms with E-state index in [4.69, 9.17) is 5.11 Å². The molecule has 0 saturated heterocycles. The van der Waals surface area contributed by atoms with Crippen molar-refractivity contribution in [3.63, 3.8) is 0 Å². The molecular formula is C15H20O3.